The number of nitrogens with zero attached hydrogens (tertiary/aromatic N) is 1. The van der Waals surface area contributed by atoms with E-state index in [1.54, 1.807) is 7.11 Å². The zero-order chi connectivity index (χ0) is 13.2. The van der Waals surface area contributed by atoms with Crippen LogP contribution in [0.4, 0.5) is 0 Å². The maximum absolute atomic E-state index is 9.02. The normalized spacial score (nSPS) is 20.2. The van der Waals surface area contributed by atoms with Gasteiger partial charge in [0.05, 0.1) is 12.7 Å². The predicted molar refractivity (Wildman–Crippen MR) is 71.3 cm³/mol. The molecule has 96 valence electrons. The van der Waals surface area contributed by atoms with E-state index in [4.69, 9.17) is 10.00 Å². The second kappa shape index (κ2) is 4.99. The topological polar surface area (TPSA) is 45.0 Å². The Bertz CT molecular complexity index is 474. The fourth-order valence-electron chi connectivity index (χ4n) is 2.27. The lowest BCUT2D eigenvalue weighted by molar-refractivity contribution is 0.413. The second-order valence-corrected chi connectivity index (χ2v) is 5.67. The highest BCUT2D eigenvalue weighted by Crippen LogP contribution is 2.50. The lowest BCUT2D eigenvalue weighted by Gasteiger charge is -2.08. The summed E-state index contributed by atoms with van der Waals surface area (Å²) in [5.41, 5.74) is 2.25. The van der Waals surface area contributed by atoms with Crippen LogP contribution >= 0.6 is 0 Å². The summed E-state index contributed by atoms with van der Waals surface area (Å²) in [6.45, 7) is 6.48. The number of hydrogen-bond acceptors (Lipinski definition) is 3. The minimum absolute atomic E-state index is 0.519. The Balaban J connectivity index is 1.88. The molecule has 0 bridgehead atoms. The lowest BCUT2D eigenvalue weighted by Crippen LogP contribution is -2.18. The molecular formula is C15H20N2O. The van der Waals surface area contributed by atoms with Gasteiger partial charge in [0, 0.05) is 6.54 Å². The van der Waals surface area contributed by atoms with E-state index < -0.39 is 0 Å². The monoisotopic (exact) mass is 244 g/mol. The summed E-state index contributed by atoms with van der Waals surface area (Å²) in [6, 6.07) is 7.91. The Morgan fingerprint density at radius 2 is 2.22 bits per heavy atom. The van der Waals surface area contributed by atoms with Gasteiger partial charge in [-0.2, -0.15) is 5.26 Å². The van der Waals surface area contributed by atoms with E-state index in [9.17, 15) is 0 Å². The van der Waals surface area contributed by atoms with Crippen LogP contribution in [-0.2, 0) is 6.54 Å². The van der Waals surface area contributed by atoms with Gasteiger partial charge >= 0.3 is 0 Å². The molecule has 2 rings (SSSR count). The van der Waals surface area contributed by atoms with E-state index >= 15 is 0 Å². The van der Waals surface area contributed by atoms with Crippen LogP contribution in [0, 0.1) is 22.7 Å². The summed E-state index contributed by atoms with van der Waals surface area (Å²) in [5.74, 6) is 1.44. The Hall–Kier alpha value is -1.53. The van der Waals surface area contributed by atoms with Gasteiger partial charge in [0.25, 0.3) is 0 Å². The minimum atomic E-state index is 0.519. The minimum Gasteiger partial charge on any atom is -0.495 e. The Morgan fingerprint density at radius 3 is 2.78 bits per heavy atom. The quantitative estimate of drug-likeness (QED) is 0.866. The van der Waals surface area contributed by atoms with Crippen molar-refractivity contribution in [2.45, 2.75) is 26.8 Å². The van der Waals surface area contributed by atoms with E-state index in [2.05, 4.69) is 25.2 Å². The van der Waals surface area contributed by atoms with Gasteiger partial charge in [0.2, 0.25) is 0 Å². The number of nitriles is 1. The fourth-order valence-corrected chi connectivity index (χ4v) is 2.27. The predicted octanol–water partition coefficient (Wildman–Crippen LogP) is 2.70. The molecule has 1 aliphatic rings. The van der Waals surface area contributed by atoms with Crippen LogP contribution in [0.1, 0.15) is 31.4 Å². The first-order valence-corrected chi connectivity index (χ1v) is 6.34. The molecule has 3 heteroatoms. The maximum atomic E-state index is 9.02. The van der Waals surface area contributed by atoms with E-state index in [1.807, 2.05) is 18.2 Å². The molecule has 1 aromatic rings. The molecule has 1 saturated carbocycles. The molecule has 0 amide bonds. The van der Waals surface area contributed by atoms with Gasteiger partial charge < -0.3 is 10.1 Å². The molecule has 0 aliphatic heterocycles. The zero-order valence-electron chi connectivity index (χ0n) is 11.3. The number of ether oxygens (including phenoxy) is 1. The van der Waals surface area contributed by atoms with Crippen molar-refractivity contribution in [3.05, 3.63) is 29.3 Å². The molecule has 0 heterocycles. The van der Waals surface area contributed by atoms with Crippen molar-refractivity contribution in [1.82, 2.24) is 5.32 Å². The smallest absolute Gasteiger partial charge is 0.136 e. The third kappa shape index (κ3) is 2.83. The summed E-state index contributed by atoms with van der Waals surface area (Å²) >= 11 is 0. The van der Waals surface area contributed by atoms with Gasteiger partial charge in [-0.05, 0) is 42.0 Å². The van der Waals surface area contributed by atoms with Crippen molar-refractivity contribution in [3.8, 4) is 11.8 Å². The highest BCUT2D eigenvalue weighted by atomic mass is 16.5. The highest BCUT2D eigenvalue weighted by Gasteiger charge is 2.44. The van der Waals surface area contributed by atoms with Crippen LogP contribution in [0.15, 0.2) is 18.2 Å². The molecule has 1 N–H and O–H groups in total. The van der Waals surface area contributed by atoms with E-state index in [0.29, 0.717) is 16.7 Å². The van der Waals surface area contributed by atoms with Crippen molar-refractivity contribution in [2.24, 2.45) is 11.3 Å². The summed E-state index contributed by atoms with van der Waals surface area (Å²) < 4.78 is 5.13. The Kier molecular flexibility index (Phi) is 3.58. The Morgan fingerprint density at radius 1 is 1.50 bits per heavy atom. The summed E-state index contributed by atoms with van der Waals surface area (Å²) in [4.78, 5) is 0. The van der Waals surface area contributed by atoms with E-state index in [0.717, 1.165) is 24.6 Å². The van der Waals surface area contributed by atoms with Crippen molar-refractivity contribution in [2.75, 3.05) is 13.7 Å². The number of benzene rings is 1. The first-order chi connectivity index (χ1) is 8.56. The van der Waals surface area contributed by atoms with Crippen molar-refractivity contribution < 1.29 is 4.74 Å². The number of hydrogen-bond donors (Lipinski definition) is 1. The molecule has 1 aromatic carbocycles. The van der Waals surface area contributed by atoms with Crippen molar-refractivity contribution in [1.29, 1.82) is 5.26 Å². The largest absolute Gasteiger partial charge is 0.495 e. The SMILES string of the molecule is COc1ccc(CNCC2CC2(C)C)cc1C#N. The van der Waals surface area contributed by atoms with E-state index in [-0.39, 0.29) is 0 Å². The summed E-state index contributed by atoms with van der Waals surface area (Å²) in [5, 5.41) is 12.5. The van der Waals surface area contributed by atoms with Crippen molar-refractivity contribution >= 4 is 0 Å². The molecule has 1 atom stereocenters. The number of methoxy groups -OCH3 is 1. The average Bonchev–Trinajstić information content (AvgIpc) is 2.96. The molecule has 1 aliphatic carbocycles. The van der Waals surface area contributed by atoms with Crippen LogP contribution in [0.5, 0.6) is 5.75 Å². The molecule has 0 radical (unpaired) electrons. The van der Waals surface area contributed by atoms with Gasteiger partial charge in [-0.25, -0.2) is 0 Å². The van der Waals surface area contributed by atoms with Crippen LogP contribution in [0.2, 0.25) is 0 Å². The average molecular weight is 244 g/mol. The molecule has 0 saturated heterocycles. The van der Waals surface area contributed by atoms with Crippen LogP contribution < -0.4 is 10.1 Å². The number of rotatable bonds is 5. The van der Waals surface area contributed by atoms with Gasteiger partial charge in [0.1, 0.15) is 11.8 Å². The lowest BCUT2D eigenvalue weighted by atomic mass is 10.1. The van der Waals surface area contributed by atoms with Gasteiger partial charge in [-0.15, -0.1) is 0 Å². The molecule has 18 heavy (non-hydrogen) atoms. The standard InChI is InChI=1S/C15H20N2O/c1-15(2)7-13(15)10-17-9-11-4-5-14(18-3)12(6-11)8-16/h4-6,13,17H,7,9-10H2,1-3H3. The van der Waals surface area contributed by atoms with Gasteiger partial charge in [-0.1, -0.05) is 19.9 Å². The fraction of sp³-hybridized carbons (Fsp3) is 0.533. The molecular weight excluding hydrogens is 224 g/mol. The number of nitrogens with one attached hydrogen (secondary N) is 1. The summed E-state index contributed by atoms with van der Waals surface area (Å²) in [6.07, 6.45) is 1.31. The second-order valence-electron chi connectivity index (χ2n) is 5.67. The van der Waals surface area contributed by atoms with E-state index in [1.165, 1.54) is 6.42 Å². The first kappa shape index (κ1) is 12.9. The van der Waals surface area contributed by atoms with Gasteiger partial charge in [-0.3, -0.25) is 0 Å². The molecule has 1 fully saturated rings. The third-order valence-corrected chi connectivity index (χ3v) is 3.82. The first-order valence-electron chi connectivity index (χ1n) is 6.34. The molecule has 3 nitrogen and oxygen atoms in total. The van der Waals surface area contributed by atoms with Crippen LogP contribution in [0.3, 0.4) is 0 Å². The summed E-state index contributed by atoms with van der Waals surface area (Å²) in [7, 11) is 1.59. The van der Waals surface area contributed by atoms with Crippen LogP contribution in [-0.4, -0.2) is 13.7 Å². The molecule has 0 aromatic heterocycles. The van der Waals surface area contributed by atoms with Crippen molar-refractivity contribution in [3.63, 3.8) is 0 Å². The van der Waals surface area contributed by atoms with Crippen LogP contribution in [0.25, 0.3) is 0 Å². The highest BCUT2D eigenvalue weighted by molar-refractivity contribution is 5.45. The maximum Gasteiger partial charge on any atom is 0.136 e. The Labute approximate surface area is 109 Å². The zero-order valence-corrected chi connectivity index (χ0v) is 11.3. The molecule has 1 unspecified atom stereocenters. The van der Waals surface area contributed by atoms with Gasteiger partial charge in [0.15, 0.2) is 0 Å². The molecule has 0 spiro atoms. The third-order valence-electron chi connectivity index (χ3n) is 3.82.